The number of nitrogens with one attached hydrogen (secondary N) is 2. The van der Waals surface area contributed by atoms with Crippen molar-refractivity contribution >= 4 is 40.6 Å². The van der Waals surface area contributed by atoms with E-state index in [1.165, 1.54) is 0 Å². The van der Waals surface area contributed by atoms with Crippen LogP contribution < -0.4 is 5.32 Å². The maximum Gasteiger partial charge on any atom is 0.352 e. The first-order valence-electron chi connectivity index (χ1n) is 10.9. The van der Waals surface area contributed by atoms with Crippen molar-refractivity contribution in [3.8, 4) is 0 Å². The van der Waals surface area contributed by atoms with Gasteiger partial charge in [-0.3, -0.25) is 9.79 Å². The van der Waals surface area contributed by atoms with Crippen LogP contribution >= 0.6 is 0 Å². The molecule has 2 aliphatic rings. The number of carbonyl (C=O) groups excluding carboxylic acids is 1. The molecule has 32 heavy (non-hydrogen) atoms. The Morgan fingerprint density at radius 3 is 2.59 bits per heavy atom. The standard InChI is InChI=1S/C26H27N3O3/c1-4-8-15(3)27-21(5-2)16-11-12-22-19(13-16)20(25(30)29-22)14-23-17-9-6-7-10-18(17)24(28-23)26(31)32/h4-5,8,11-14,28H,6-7,9-10H2,1-3H3,(H,29,30)(H,31,32). The van der Waals surface area contributed by atoms with Crippen molar-refractivity contribution in [3.05, 3.63) is 70.1 Å². The Kier molecular flexibility index (Phi) is 5.95. The molecule has 6 nitrogen and oxygen atoms in total. The number of amides is 1. The Labute approximate surface area is 187 Å². The summed E-state index contributed by atoms with van der Waals surface area (Å²) in [4.78, 5) is 32.3. The van der Waals surface area contributed by atoms with Crippen LogP contribution in [0.15, 0.2) is 41.4 Å². The summed E-state index contributed by atoms with van der Waals surface area (Å²) in [5, 5.41) is 12.5. The van der Waals surface area contributed by atoms with Crippen molar-refractivity contribution in [3.63, 3.8) is 0 Å². The molecule has 0 saturated carbocycles. The predicted molar refractivity (Wildman–Crippen MR) is 129 cm³/mol. The van der Waals surface area contributed by atoms with Crippen LogP contribution in [0.1, 0.15) is 72.0 Å². The summed E-state index contributed by atoms with van der Waals surface area (Å²) < 4.78 is 0. The lowest BCUT2D eigenvalue weighted by Crippen LogP contribution is -2.06. The van der Waals surface area contributed by atoms with Crippen molar-refractivity contribution in [1.29, 1.82) is 0 Å². The van der Waals surface area contributed by atoms with Gasteiger partial charge >= 0.3 is 5.97 Å². The summed E-state index contributed by atoms with van der Waals surface area (Å²) in [7, 11) is 0. The Balaban J connectivity index is 1.79. The molecule has 0 saturated heterocycles. The first-order valence-corrected chi connectivity index (χ1v) is 10.9. The van der Waals surface area contributed by atoms with E-state index in [2.05, 4.69) is 15.3 Å². The molecular weight excluding hydrogens is 402 g/mol. The number of aromatic amines is 1. The number of nitrogens with zero attached hydrogens (tertiary/aromatic N) is 1. The molecule has 1 aromatic carbocycles. The molecule has 0 unspecified atom stereocenters. The zero-order valence-electron chi connectivity index (χ0n) is 18.6. The minimum absolute atomic E-state index is 0.191. The zero-order valence-corrected chi connectivity index (χ0v) is 18.6. The van der Waals surface area contributed by atoms with E-state index in [1.807, 2.05) is 57.2 Å². The Bertz CT molecular complexity index is 1230. The number of allylic oxidation sites excluding steroid dienone is 3. The molecule has 2 heterocycles. The van der Waals surface area contributed by atoms with E-state index in [1.54, 1.807) is 6.08 Å². The average molecular weight is 430 g/mol. The molecule has 2 aromatic rings. The number of anilines is 1. The van der Waals surface area contributed by atoms with E-state index in [9.17, 15) is 14.7 Å². The number of hydrogen-bond donors (Lipinski definition) is 3. The second-order valence-electron chi connectivity index (χ2n) is 8.08. The second-order valence-corrected chi connectivity index (χ2v) is 8.08. The number of fused-ring (bicyclic) bond motifs is 2. The van der Waals surface area contributed by atoms with Crippen molar-refractivity contribution < 1.29 is 14.7 Å². The van der Waals surface area contributed by atoms with E-state index in [0.29, 0.717) is 11.3 Å². The van der Waals surface area contributed by atoms with Gasteiger partial charge in [-0.05, 0) is 81.9 Å². The molecule has 3 N–H and O–H groups in total. The number of aliphatic imine (C=N–C) groups is 1. The molecular formula is C26H27N3O3. The minimum Gasteiger partial charge on any atom is -0.477 e. The summed E-state index contributed by atoms with van der Waals surface area (Å²) in [6.07, 6.45) is 11.2. The predicted octanol–water partition coefficient (Wildman–Crippen LogP) is 5.48. The normalized spacial score (nSPS) is 17.6. The van der Waals surface area contributed by atoms with Gasteiger partial charge in [0.05, 0.1) is 11.3 Å². The largest absolute Gasteiger partial charge is 0.477 e. The minimum atomic E-state index is -0.960. The zero-order chi connectivity index (χ0) is 22.8. The van der Waals surface area contributed by atoms with Crippen molar-refractivity contribution in [2.75, 3.05) is 5.32 Å². The summed E-state index contributed by atoms with van der Waals surface area (Å²) in [6, 6.07) is 5.80. The fraction of sp³-hybridized carbons (Fsp3) is 0.269. The number of benzene rings is 1. The van der Waals surface area contributed by atoms with E-state index < -0.39 is 5.97 Å². The lowest BCUT2D eigenvalue weighted by molar-refractivity contribution is -0.110. The van der Waals surface area contributed by atoms with Gasteiger partial charge in [-0.1, -0.05) is 18.2 Å². The highest BCUT2D eigenvalue weighted by Crippen LogP contribution is 2.37. The highest BCUT2D eigenvalue weighted by molar-refractivity contribution is 6.35. The molecule has 4 rings (SSSR count). The molecule has 164 valence electrons. The molecule has 1 aliphatic heterocycles. The number of aromatic carboxylic acids is 1. The van der Waals surface area contributed by atoms with Crippen LogP contribution in [0.5, 0.6) is 0 Å². The molecule has 1 aliphatic carbocycles. The SMILES string of the molecule is CC=CC(C)=NC(=CC)c1ccc2c(c1)C(=Cc1[nH]c(C(=O)O)c3c1CCCC3)C(=O)N2. The average Bonchev–Trinajstić information content (AvgIpc) is 3.30. The first-order chi connectivity index (χ1) is 15.4. The van der Waals surface area contributed by atoms with Crippen LogP contribution in [0, 0.1) is 0 Å². The third kappa shape index (κ3) is 3.96. The molecule has 0 bridgehead atoms. The number of carboxylic acid groups (broad SMARTS) is 1. The maximum absolute atomic E-state index is 12.8. The van der Waals surface area contributed by atoms with Gasteiger partial charge in [-0.25, -0.2) is 4.79 Å². The first kappa shape index (κ1) is 21.6. The molecule has 1 amide bonds. The van der Waals surface area contributed by atoms with Crippen molar-refractivity contribution in [1.82, 2.24) is 4.98 Å². The highest BCUT2D eigenvalue weighted by Gasteiger charge is 2.28. The van der Waals surface area contributed by atoms with E-state index in [-0.39, 0.29) is 11.6 Å². The smallest absolute Gasteiger partial charge is 0.352 e. The van der Waals surface area contributed by atoms with Crippen LogP contribution in [-0.2, 0) is 17.6 Å². The van der Waals surface area contributed by atoms with Crippen LogP contribution in [0.4, 0.5) is 5.69 Å². The number of carbonyl (C=O) groups is 2. The summed E-state index contributed by atoms with van der Waals surface area (Å²) >= 11 is 0. The van der Waals surface area contributed by atoms with Gasteiger partial charge in [0.25, 0.3) is 5.91 Å². The van der Waals surface area contributed by atoms with Gasteiger partial charge in [0.15, 0.2) is 0 Å². The van der Waals surface area contributed by atoms with Gasteiger partial charge in [-0.2, -0.15) is 0 Å². The fourth-order valence-corrected chi connectivity index (χ4v) is 4.47. The molecule has 1 aromatic heterocycles. The summed E-state index contributed by atoms with van der Waals surface area (Å²) in [5.74, 6) is -1.15. The maximum atomic E-state index is 12.8. The van der Waals surface area contributed by atoms with Crippen LogP contribution in [0.25, 0.3) is 17.3 Å². The van der Waals surface area contributed by atoms with Crippen LogP contribution in [0.2, 0.25) is 0 Å². The number of H-pyrrole nitrogens is 1. The third-order valence-electron chi connectivity index (χ3n) is 5.93. The quantitative estimate of drug-likeness (QED) is 0.434. The van der Waals surface area contributed by atoms with Gasteiger partial charge in [-0.15, -0.1) is 0 Å². The molecule has 0 spiro atoms. The van der Waals surface area contributed by atoms with Gasteiger partial charge in [0.1, 0.15) is 5.69 Å². The molecule has 0 atom stereocenters. The monoisotopic (exact) mass is 429 g/mol. The Morgan fingerprint density at radius 2 is 1.91 bits per heavy atom. The second kappa shape index (κ2) is 8.83. The lowest BCUT2D eigenvalue weighted by atomic mass is 9.91. The van der Waals surface area contributed by atoms with Gasteiger partial charge in [0.2, 0.25) is 0 Å². The van der Waals surface area contributed by atoms with E-state index in [4.69, 9.17) is 0 Å². The van der Waals surface area contributed by atoms with Crippen molar-refractivity contribution in [2.24, 2.45) is 4.99 Å². The fourth-order valence-electron chi connectivity index (χ4n) is 4.47. The van der Waals surface area contributed by atoms with E-state index >= 15 is 0 Å². The number of carboxylic acids is 1. The molecule has 6 heteroatoms. The Hall–Kier alpha value is -3.67. The topological polar surface area (TPSA) is 94.6 Å². The van der Waals surface area contributed by atoms with Crippen LogP contribution in [0.3, 0.4) is 0 Å². The van der Waals surface area contributed by atoms with Gasteiger partial charge in [0, 0.05) is 28.2 Å². The van der Waals surface area contributed by atoms with E-state index in [0.717, 1.165) is 65.0 Å². The van der Waals surface area contributed by atoms with Crippen molar-refractivity contribution in [2.45, 2.75) is 46.5 Å². The third-order valence-corrected chi connectivity index (χ3v) is 5.93. The molecule has 0 fully saturated rings. The Morgan fingerprint density at radius 1 is 1.16 bits per heavy atom. The number of rotatable bonds is 5. The summed E-state index contributed by atoms with van der Waals surface area (Å²) in [6.45, 7) is 5.84. The lowest BCUT2D eigenvalue weighted by Gasteiger charge is -2.12. The number of aromatic nitrogens is 1. The van der Waals surface area contributed by atoms with Crippen LogP contribution in [-0.4, -0.2) is 27.7 Å². The molecule has 0 radical (unpaired) electrons. The number of hydrogen-bond acceptors (Lipinski definition) is 3. The summed E-state index contributed by atoms with van der Waals surface area (Å²) in [5.41, 5.74) is 7.54. The highest BCUT2D eigenvalue weighted by atomic mass is 16.4. The van der Waals surface area contributed by atoms with Gasteiger partial charge < -0.3 is 15.4 Å².